The molecule has 0 aliphatic rings. The van der Waals surface area contributed by atoms with Crippen LogP contribution in [0, 0.1) is 0 Å². The molecule has 0 radical (unpaired) electrons. The third-order valence-electron chi connectivity index (χ3n) is 6.79. The van der Waals surface area contributed by atoms with Crippen molar-refractivity contribution in [2.75, 3.05) is 0 Å². The molecule has 0 N–H and O–H groups in total. The van der Waals surface area contributed by atoms with Gasteiger partial charge in [-0.3, -0.25) is 0 Å². The van der Waals surface area contributed by atoms with E-state index in [-0.39, 0.29) is 34.4 Å². The molecule has 0 fully saturated rings. The number of halogens is 2. The quantitative estimate of drug-likeness (QED) is 0.130. The zero-order valence-corrected chi connectivity index (χ0v) is 28.3. The van der Waals surface area contributed by atoms with E-state index in [1.807, 2.05) is 0 Å². The topological polar surface area (TPSA) is 114 Å². The van der Waals surface area contributed by atoms with Crippen molar-refractivity contribution in [1.29, 1.82) is 0 Å². The Hall–Kier alpha value is -3.16. The molecule has 0 aliphatic carbocycles. The third-order valence-corrected chi connectivity index (χ3v) is 12.0. The molecule has 6 aromatic rings. The molecule has 14 heteroatoms. The van der Waals surface area contributed by atoms with Crippen LogP contribution >= 0.6 is 40.1 Å². The summed E-state index contributed by atoms with van der Waals surface area (Å²) >= 11 is 6.80. The molecule has 224 valence electrons. The predicted molar refractivity (Wildman–Crippen MR) is 175 cm³/mol. The van der Waals surface area contributed by atoms with Crippen molar-refractivity contribution in [1.82, 2.24) is 7.94 Å². The molecule has 0 saturated heterocycles. The maximum atomic E-state index is 13.7. The summed E-state index contributed by atoms with van der Waals surface area (Å²) in [5, 5.41) is 1.29. The minimum absolute atomic E-state index is 0.0819. The first kappa shape index (κ1) is 30.8. The van der Waals surface area contributed by atoms with Crippen LogP contribution in [0.2, 0.25) is 0 Å². The Morgan fingerprint density at radius 1 is 0.568 bits per heavy atom. The highest BCUT2D eigenvalue weighted by Gasteiger charge is 2.30. The Morgan fingerprint density at radius 3 is 1.34 bits per heavy atom. The number of hydrogen-bond acceptors (Lipinski definition) is 7. The minimum Gasteiger partial charge on any atom is -0.235 e. The van der Waals surface area contributed by atoms with E-state index in [2.05, 4.69) is 31.9 Å². The molecule has 0 aliphatic heterocycles. The Labute approximate surface area is 271 Å². The molecule has 0 saturated carbocycles. The summed E-state index contributed by atoms with van der Waals surface area (Å²) in [6, 6.07) is 29.7. The Balaban J connectivity index is 1.28. The number of hydrogen-bond donors (Lipinski definition) is 0. The fourth-order valence-electron chi connectivity index (χ4n) is 4.85. The van der Waals surface area contributed by atoms with Crippen molar-refractivity contribution in [3.63, 3.8) is 0 Å². The largest absolute Gasteiger partial charge is 0.698 e. The van der Waals surface area contributed by atoms with Gasteiger partial charge in [0.25, 0.3) is 20.0 Å². The molecule has 6 rings (SSSR count). The lowest BCUT2D eigenvalue weighted by atomic mass is 10.2. The average molecular weight is 777 g/mol. The second-order valence-corrected chi connectivity index (χ2v) is 16.0. The van der Waals surface area contributed by atoms with Crippen molar-refractivity contribution in [3.05, 3.63) is 130 Å². The maximum Gasteiger partial charge on any atom is 0.698 e. The van der Waals surface area contributed by atoms with Gasteiger partial charge in [-0.25, -0.2) is 24.8 Å². The predicted octanol–water partition coefficient (Wildman–Crippen LogP) is 7.99. The zero-order chi connectivity index (χ0) is 31.1. The summed E-state index contributed by atoms with van der Waals surface area (Å²) in [5.41, 5.74) is 1.30. The van der Waals surface area contributed by atoms with E-state index < -0.39 is 28.3 Å². The van der Waals surface area contributed by atoms with Gasteiger partial charge in [0.15, 0.2) is 0 Å². The van der Waals surface area contributed by atoms with Crippen LogP contribution in [0.25, 0.3) is 21.8 Å². The summed E-state index contributed by atoms with van der Waals surface area (Å²) in [6.45, 7) is -0.711. The SMILES string of the molecule is O=[P+](OCc1cc2ccc(Br)cc2n1S(=O)(=O)c1ccccc1)OCc1cc2ccc(Br)cc2n1S(=O)(=O)c1ccccc1. The van der Waals surface area contributed by atoms with Crippen LogP contribution in [0.5, 0.6) is 0 Å². The molecular formula is C30H22Br2N2O7PS2+. The highest BCUT2D eigenvalue weighted by Crippen LogP contribution is 2.34. The van der Waals surface area contributed by atoms with E-state index in [9.17, 15) is 21.4 Å². The first-order valence-electron chi connectivity index (χ1n) is 13.0. The van der Waals surface area contributed by atoms with E-state index in [1.54, 1.807) is 84.9 Å². The molecule has 0 amide bonds. The normalized spacial score (nSPS) is 12.2. The Morgan fingerprint density at radius 2 is 0.955 bits per heavy atom. The number of rotatable bonds is 10. The molecule has 0 unspecified atom stereocenters. The van der Waals surface area contributed by atoms with Crippen LogP contribution in [0.15, 0.2) is 128 Å². The van der Waals surface area contributed by atoms with E-state index in [1.165, 1.54) is 24.3 Å². The molecule has 2 heterocycles. The van der Waals surface area contributed by atoms with Gasteiger partial charge in [0.2, 0.25) is 0 Å². The second kappa shape index (κ2) is 12.3. The number of fused-ring (bicyclic) bond motifs is 2. The second-order valence-electron chi connectivity index (χ2n) is 9.61. The van der Waals surface area contributed by atoms with Crippen LogP contribution in [-0.2, 0) is 46.9 Å². The molecule has 44 heavy (non-hydrogen) atoms. The maximum absolute atomic E-state index is 13.7. The van der Waals surface area contributed by atoms with Crippen molar-refractivity contribution < 1.29 is 30.4 Å². The van der Waals surface area contributed by atoms with Gasteiger partial charge in [0.05, 0.1) is 32.2 Å². The zero-order valence-electron chi connectivity index (χ0n) is 22.6. The van der Waals surface area contributed by atoms with Crippen LogP contribution in [0.3, 0.4) is 0 Å². The highest BCUT2D eigenvalue weighted by molar-refractivity contribution is 9.10. The van der Waals surface area contributed by atoms with Crippen molar-refractivity contribution >= 4 is 82.0 Å². The molecule has 0 bridgehead atoms. The van der Waals surface area contributed by atoms with Gasteiger partial charge in [-0.15, -0.1) is 9.05 Å². The lowest BCUT2D eigenvalue weighted by Gasteiger charge is -2.11. The van der Waals surface area contributed by atoms with E-state index in [0.717, 1.165) is 7.94 Å². The standard InChI is InChI=1S/C30H22Br2N2O7PS2/c31-23-13-11-21-15-25(33(29(21)17-23)43(36,37)27-7-3-1-4-8-27)19-40-42(35)41-20-26-16-22-12-14-24(32)18-30(22)34(26)44(38,39)28-9-5-2-6-10-28/h1-18H,19-20H2/q+1. The van der Waals surface area contributed by atoms with Crippen LogP contribution in [-0.4, -0.2) is 24.8 Å². The van der Waals surface area contributed by atoms with Gasteiger partial charge in [-0.2, -0.15) is 0 Å². The first-order chi connectivity index (χ1) is 21.1. The molecule has 9 nitrogen and oxygen atoms in total. The van der Waals surface area contributed by atoms with Gasteiger partial charge in [-0.05, 0) is 60.7 Å². The van der Waals surface area contributed by atoms with Crippen LogP contribution in [0.1, 0.15) is 11.4 Å². The van der Waals surface area contributed by atoms with Gasteiger partial charge >= 0.3 is 8.25 Å². The van der Waals surface area contributed by atoms with Gasteiger partial charge in [-0.1, -0.05) is 80.4 Å². The van der Waals surface area contributed by atoms with E-state index in [0.29, 0.717) is 30.8 Å². The summed E-state index contributed by atoms with van der Waals surface area (Å²) in [4.78, 5) is 0.164. The van der Waals surface area contributed by atoms with Crippen molar-refractivity contribution in [2.45, 2.75) is 23.0 Å². The van der Waals surface area contributed by atoms with Gasteiger partial charge < -0.3 is 0 Å². The number of aromatic nitrogens is 2. The monoisotopic (exact) mass is 775 g/mol. The Bertz CT molecular complexity index is 2100. The highest BCUT2D eigenvalue weighted by atomic mass is 79.9. The lowest BCUT2D eigenvalue weighted by Crippen LogP contribution is -2.16. The third kappa shape index (κ3) is 5.93. The average Bonchev–Trinajstić information content (AvgIpc) is 3.58. The van der Waals surface area contributed by atoms with Crippen LogP contribution in [0.4, 0.5) is 0 Å². The fourth-order valence-corrected chi connectivity index (χ4v) is 9.19. The summed E-state index contributed by atoms with van der Waals surface area (Å²) < 4.78 is 82.4. The smallest absolute Gasteiger partial charge is 0.235 e. The first-order valence-corrected chi connectivity index (χ1v) is 18.6. The number of nitrogens with zero attached hydrogens (tertiary/aromatic N) is 2. The van der Waals surface area contributed by atoms with Crippen molar-refractivity contribution in [2.24, 2.45) is 0 Å². The van der Waals surface area contributed by atoms with Gasteiger partial charge in [0, 0.05) is 24.3 Å². The molecule has 0 spiro atoms. The molecule has 4 aromatic carbocycles. The van der Waals surface area contributed by atoms with E-state index in [4.69, 9.17) is 9.05 Å². The summed E-state index contributed by atoms with van der Waals surface area (Å²) in [6.07, 6.45) is 0. The lowest BCUT2D eigenvalue weighted by molar-refractivity contribution is 0.208. The Kier molecular flexibility index (Phi) is 8.64. The summed E-state index contributed by atoms with van der Waals surface area (Å²) in [5.74, 6) is 0. The molecule has 2 aromatic heterocycles. The molecule has 0 atom stereocenters. The van der Waals surface area contributed by atoms with Crippen LogP contribution < -0.4 is 0 Å². The minimum atomic E-state index is -4.03. The van der Waals surface area contributed by atoms with E-state index >= 15 is 0 Å². The fraction of sp³-hybridized carbons (Fsp3) is 0.0667. The molecular weight excluding hydrogens is 755 g/mol. The van der Waals surface area contributed by atoms with Crippen molar-refractivity contribution in [3.8, 4) is 0 Å². The summed E-state index contributed by atoms with van der Waals surface area (Å²) in [7, 11) is -10.9. The number of benzene rings is 4. The van der Waals surface area contributed by atoms with Gasteiger partial charge in [0.1, 0.15) is 13.2 Å².